The summed E-state index contributed by atoms with van der Waals surface area (Å²) in [6.45, 7) is 4.72. The molecule has 104 valence electrons. The number of hydrogen-bond acceptors (Lipinski definition) is 2. The van der Waals surface area contributed by atoms with E-state index in [1.807, 2.05) is 12.1 Å². The second-order valence-electron chi connectivity index (χ2n) is 6.38. The van der Waals surface area contributed by atoms with E-state index in [1.54, 1.807) is 12.1 Å². The van der Waals surface area contributed by atoms with Gasteiger partial charge in [0.05, 0.1) is 0 Å². The summed E-state index contributed by atoms with van der Waals surface area (Å²) in [4.78, 5) is 11.0. The quantitative estimate of drug-likeness (QED) is 0.816. The summed E-state index contributed by atoms with van der Waals surface area (Å²) in [6, 6.07) is 7.99. The molecule has 1 fully saturated rings. The van der Waals surface area contributed by atoms with E-state index in [0.717, 1.165) is 5.69 Å². The summed E-state index contributed by atoms with van der Waals surface area (Å²) in [5.74, 6) is -0.372. The third-order valence-corrected chi connectivity index (χ3v) is 4.12. The zero-order valence-electron chi connectivity index (χ0n) is 11.9. The molecule has 1 aromatic carbocycles. The monoisotopic (exact) mass is 260 g/mol. The van der Waals surface area contributed by atoms with Gasteiger partial charge in [0.25, 0.3) is 0 Å². The molecule has 1 aliphatic carbocycles. The van der Waals surface area contributed by atoms with Gasteiger partial charge >= 0.3 is 0 Å². The van der Waals surface area contributed by atoms with Gasteiger partial charge in [-0.15, -0.1) is 0 Å². The van der Waals surface area contributed by atoms with Crippen LogP contribution in [-0.2, 0) is 0 Å². The fraction of sp³-hybridized carbons (Fsp3) is 0.562. The standard InChI is InChI=1S/C16H24N2O/c1-16(2)10-3-4-13(9-11-16)18-14-7-5-12(6-8-14)15(17)19/h5-8,13,18H,3-4,9-11H2,1-2H3,(H2,17,19). The van der Waals surface area contributed by atoms with Gasteiger partial charge in [0.1, 0.15) is 0 Å². The van der Waals surface area contributed by atoms with Gasteiger partial charge in [0.2, 0.25) is 5.91 Å². The third kappa shape index (κ3) is 3.98. The molecule has 19 heavy (non-hydrogen) atoms. The molecule has 1 amide bonds. The zero-order chi connectivity index (χ0) is 13.9. The van der Waals surface area contributed by atoms with Crippen molar-refractivity contribution in [3.63, 3.8) is 0 Å². The number of benzene rings is 1. The summed E-state index contributed by atoms with van der Waals surface area (Å²) in [5.41, 5.74) is 7.36. The summed E-state index contributed by atoms with van der Waals surface area (Å²) >= 11 is 0. The molecule has 0 spiro atoms. The van der Waals surface area contributed by atoms with Gasteiger partial charge in [-0.25, -0.2) is 0 Å². The number of hydrogen-bond donors (Lipinski definition) is 2. The molecule has 0 aliphatic heterocycles. The van der Waals surface area contributed by atoms with Crippen molar-refractivity contribution >= 4 is 11.6 Å². The Kier molecular flexibility index (Phi) is 4.13. The number of anilines is 1. The lowest BCUT2D eigenvalue weighted by Gasteiger charge is -2.22. The second-order valence-corrected chi connectivity index (χ2v) is 6.38. The van der Waals surface area contributed by atoms with Crippen LogP contribution >= 0.6 is 0 Å². The number of primary amides is 1. The lowest BCUT2D eigenvalue weighted by molar-refractivity contribution is 0.100. The molecule has 3 N–H and O–H groups in total. The molecule has 0 heterocycles. The first-order chi connectivity index (χ1) is 8.96. The van der Waals surface area contributed by atoms with E-state index in [1.165, 1.54) is 32.1 Å². The van der Waals surface area contributed by atoms with Crippen LogP contribution in [-0.4, -0.2) is 11.9 Å². The molecule has 1 saturated carbocycles. The number of amides is 1. The van der Waals surface area contributed by atoms with Crippen molar-refractivity contribution in [3.8, 4) is 0 Å². The molecule has 1 unspecified atom stereocenters. The maximum atomic E-state index is 11.0. The van der Waals surface area contributed by atoms with Crippen molar-refractivity contribution in [1.82, 2.24) is 0 Å². The molecule has 1 aliphatic rings. The minimum Gasteiger partial charge on any atom is -0.382 e. The van der Waals surface area contributed by atoms with E-state index < -0.39 is 0 Å². The normalized spacial score (nSPS) is 22.5. The zero-order valence-corrected chi connectivity index (χ0v) is 11.9. The van der Waals surface area contributed by atoms with Crippen LogP contribution < -0.4 is 11.1 Å². The van der Waals surface area contributed by atoms with E-state index in [9.17, 15) is 4.79 Å². The van der Waals surface area contributed by atoms with Gasteiger partial charge in [0.15, 0.2) is 0 Å². The number of carbonyl (C=O) groups excluding carboxylic acids is 1. The predicted molar refractivity (Wildman–Crippen MR) is 79.2 cm³/mol. The number of nitrogens with one attached hydrogen (secondary N) is 1. The van der Waals surface area contributed by atoms with Crippen LogP contribution in [0.4, 0.5) is 5.69 Å². The van der Waals surface area contributed by atoms with Crippen molar-refractivity contribution in [1.29, 1.82) is 0 Å². The summed E-state index contributed by atoms with van der Waals surface area (Å²) < 4.78 is 0. The fourth-order valence-corrected chi connectivity index (χ4v) is 2.77. The van der Waals surface area contributed by atoms with Crippen LogP contribution in [0.3, 0.4) is 0 Å². The fourth-order valence-electron chi connectivity index (χ4n) is 2.77. The van der Waals surface area contributed by atoms with Gasteiger partial charge in [-0.1, -0.05) is 20.3 Å². The summed E-state index contributed by atoms with van der Waals surface area (Å²) in [6.07, 6.45) is 6.30. The van der Waals surface area contributed by atoms with Gasteiger partial charge in [0, 0.05) is 17.3 Å². The first-order valence-corrected chi connectivity index (χ1v) is 7.13. The Morgan fingerprint density at radius 1 is 1.21 bits per heavy atom. The SMILES string of the molecule is CC1(C)CCCC(Nc2ccc(C(N)=O)cc2)CC1. The number of nitrogens with two attached hydrogens (primary N) is 1. The average molecular weight is 260 g/mol. The van der Waals surface area contributed by atoms with E-state index in [0.29, 0.717) is 17.0 Å². The minimum atomic E-state index is -0.372. The lowest BCUT2D eigenvalue weighted by atomic mass is 9.85. The van der Waals surface area contributed by atoms with Crippen molar-refractivity contribution < 1.29 is 4.79 Å². The Hall–Kier alpha value is -1.51. The van der Waals surface area contributed by atoms with E-state index in [4.69, 9.17) is 5.73 Å². The van der Waals surface area contributed by atoms with Gasteiger partial charge in [-0.3, -0.25) is 4.79 Å². The van der Waals surface area contributed by atoms with Crippen LogP contribution in [0.1, 0.15) is 56.3 Å². The molecule has 0 aromatic heterocycles. The van der Waals surface area contributed by atoms with E-state index >= 15 is 0 Å². The molecular weight excluding hydrogens is 236 g/mol. The molecule has 1 aromatic rings. The molecule has 0 radical (unpaired) electrons. The summed E-state index contributed by atoms with van der Waals surface area (Å²) in [5, 5.41) is 3.57. The van der Waals surface area contributed by atoms with Gasteiger partial charge in [-0.05, 0) is 55.4 Å². The Bertz CT molecular complexity index is 437. The molecule has 0 saturated heterocycles. The maximum absolute atomic E-state index is 11.0. The molecule has 2 rings (SSSR count). The number of carbonyl (C=O) groups is 1. The summed E-state index contributed by atoms with van der Waals surface area (Å²) in [7, 11) is 0. The molecule has 0 bridgehead atoms. The largest absolute Gasteiger partial charge is 0.382 e. The average Bonchev–Trinajstić information content (AvgIpc) is 2.52. The second kappa shape index (κ2) is 5.64. The maximum Gasteiger partial charge on any atom is 0.248 e. The minimum absolute atomic E-state index is 0.372. The van der Waals surface area contributed by atoms with Crippen molar-refractivity contribution in [2.24, 2.45) is 11.1 Å². The molecule has 1 atom stereocenters. The predicted octanol–water partition coefficient (Wildman–Crippen LogP) is 3.56. The highest BCUT2D eigenvalue weighted by Crippen LogP contribution is 2.34. The van der Waals surface area contributed by atoms with E-state index in [2.05, 4.69) is 19.2 Å². The highest BCUT2D eigenvalue weighted by Gasteiger charge is 2.24. The van der Waals surface area contributed by atoms with Crippen LogP contribution in [0.15, 0.2) is 24.3 Å². The first-order valence-electron chi connectivity index (χ1n) is 7.13. The van der Waals surface area contributed by atoms with Crippen LogP contribution in [0.5, 0.6) is 0 Å². The van der Waals surface area contributed by atoms with E-state index in [-0.39, 0.29) is 5.91 Å². The van der Waals surface area contributed by atoms with Crippen LogP contribution in [0, 0.1) is 5.41 Å². The lowest BCUT2D eigenvalue weighted by Crippen LogP contribution is -2.19. The van der Waals surface area contributed by atoms with Crippen molar-refractivity contribution in [2.45, 2.75) is 52.0 Å². The molecular formula is C16H24N2O. The Labute approximate surface area is 115 Å². The highest BCUT2D eigenvalue weighted by molar-refractivity contribution is 5.93. The molecule has 3 nitrogen and oxygen atoms in total. The van der Waals surface area contributed by atoms with Gasteiger partial charge < -0.3 is 11.1 Å². The Balaban J connectivity index is 1.95. The number of rotatable bonds is 3. The Morgan fingerprint density at radius 3 is 2.53 bits per heavy atom. The molecule has 3 heteroatoms. The van der Waals surface area contributed by atoms with Gasteiger partial charge in [-0.2, -0.15) is 0 Å². The topological polar surface area (TPSA) is 55.1 Å². The van der Waals surface area contributed by atoms with Crippen LogP contribution in [0.25, 0.3) is 0 Å². The van der Waals surface area contributed by atoms with Crippen molar-refractivity contribution in [3.05, 3.63) is 29.8 Å². The highest BCUT2D eigenvalue weighted by atomic mass is 16.1. The van der Waals surface area contributed by atoms with Crippen LogP contribution in [0.2, 0.25) is 0 Å². The first kappa shape index (κ1) is 13.9. The Morgan fingerprint density at radius 2 is 1.89 bits per heavy atom. The third-order valence-electron chi connectivity index (χ3n) is 4.12. The van der Waals surface area contributed by atoms with Crippen molar-refractivity contribution in [2.75, 3.05) is 5.32 Å². The smallest absolute Gasteiger partial charge is 0.248 e.